The van der Waals surface area contributed by atoms with Crippen LogP contribution in [0, 0.1) is 0 Å². The van der Waals surface area contributed by atoms with Crippen LogP contribution in [0.1, 0.15) is 45.1 Å². The average Bonchev–Trinajstić information content (AvgIpc) is 2.47. The number of benzene rings is 1. The molecule has 0 radical (unpaired) electrons. The van der Waals surface area contributed by atoms with Crippen molar-refractivity contribution in [2.75, 3.05) is 5.75 Å². The van der Waals surface area contributed by atoms with Crippen molar-refractivity contribution in [2.45, 2.75) is 49.8 Å². The lowest BCUT2D eigenvalue weighted by Gasteiger charge is -2.35. The number of unbranched alkanes of at least 4 members (excludes halogenated alkanes) is 1. The molecule has 122 valence electrons. The molecule has 0 spiro atoms. The van der Waals surface area contributed by atoms with Crippen LogP contribution in [-0.2, 0) is 15.0 Å². The van der Waals surface area contributed by atoms with Crippen LogP contribution in [-0.4, -0.2) is 22.8 Å². The fourth-order valence-corrected chi connectivity index (χ4v) is 3.62. The predicted octanol–water partition coefficient (Wildman–Crippen LogP) is 3.10. The van der Waals surface area contributed by atoms with Gasteiger partial charge in [-0.25, -0.2) is 0 Å². The van der Waals surface area contributed by atoms with Gasteiger partial charge in [0.1, 0.15) is 0 Å². The zero-order chi connectivity index (χ0) is 16.8. The SMILES string of the molecule is CCCC.O=C([O-])CC1(C(=O)O)CCSc2ccc(Cl)cc21. The first-order valence-corrected chi connectivity index (χ1v) is 8.59. The van der Waals surface area contributed by atoms with Gasteiger partial charge in [-0.2, -0.15) is 0 Å². The Kier molecular flexibility index (Phi) is 7.23. The van der Waals surface area contributed by atoms with Gasteiger partial charge in [0, 0.05) is 22.3 Å². The van der Waals surface area contributed by atoms with Gasteiger partial charge in [-0.05, 0) is 35.9 Å². The lowest BCUT2D eigenvalue weighted by molar-refractivity contribution is -0.307. The summed E-state index contributed by atoms with van der Waals surface area (Å²) in [4.78, 5) is 23.2. The smallest absolute Gasteiger partial charge is 0.314 e. The summed E-state index contributed by atoms with van der Waals surface area (Å²) < 4.78 is 0. The summed E-state index contributed by atoms with van der Waals surface area (Å²) in [6.45, 7) is 4.36. The van der Waals surface area contributed by atoms with Crippen LogP contribution in [0.3, 0.4) is 0 Å². The highest BCUT2D eigenvalue weighted by Crippen LogP contribution is 2.45. The highest BCUT2D eigenvalue weighted by Gasteiger charge is 2.44. The van der Waals surface area contributed by atoms with Crippen molar-refractivity contribution in [3.8, 4) is 0 Å². The van der Waals surface area contributed by atoms with Gasteiger partial charge in [0.15, 0.2) is 0 Å². The molecule has 0 amide bonds. The molecular weight excluding hydrogens is 324 g/mol. The lowest BCUT2D eigenvalue weighted by atomic mass is 9.75. The number of fused-ring (bicyclic) bond motifs is 1. The Bertz CT molecular complexity index is 545. The summed E-state index contributed by atoms with van der Waals surface area (Å²) in [6, 6.07) is 4.94. The first-order chi connectivity index (χ1) is 10.4. The van der Waals surface area contributed by atoms with E-state index in [9.17, 15) is 19.8 Å². The molecule has 0 aromatic heterocycles. The largest absolute Gasteiger partial charge is 0.550 e. The number of hydrogen-bond acceptors (Lipinski definition) is 4. The van der Waals surface area contributed by atoms with Crippen molar-refractivity contribution in [3.63, 3.8) is 0 Å². The molecule has 1 aliphatic heterocycles. The summed E-state index contributed by atoms with van der Waals surface area (Å²) in [6.07, 6.45) is 2.37. The van der Waals surface area contributed by atoms with Crippen LogP contribution < -0.4 is 5.11 Å². The zero-order valence-corrected chi connectivity index (χ0v) is 14.3. The van der Waals surface area contributed by atoms with Crippen molar-refractivity contribution < 1.29 is 19.8 Å². The standard InChI is InChI=1S/C12H11ClO4S.C4H10/c13-7-1-2-9-8(5-7)12(11(16)17,3-4-18-9)6-10(14)15;1-3-4-2/h1-2,5H,3-4,6H2,(H,14,15)(H,16,17);3-4H2,1-2H3/p-1. The quantitative estimate of drug-likeness (QED) is 0.908. The van der Waals surface area contributed by atoms with Crippen molar-refractivity contribution >= 4 is 35.3 Å². The number of carboxylic acid groups (broad SMARTS) is 2. The molecule has 0 saturated heterocycles. The molecule has 4 nitrogen and oxygen atoms in total. The normalized spacial score (nSPS) is 19.6. The molecule has 1 heterocycles. The van der Waals surface area contributed by atoms with E-state index < -0.39 is 23.8 Å². The van der Waals surface area contributed by atoms with Crippen molar-refractivity contribution in [2.24, 2.45) is 0 Å². The second kappa shape index (κ2) is 8.44. The monoisotopic (exact) mass is 343 g/mol. The molecule has 1 aromatic carbocycles. The minimum atomic E-state index is -1.43. The molecule has 0 aliphatic carbocycles. The van der Waals surface area contributed by atoms with E-state index in [0.29, 0.717) is 16.3 Å². The van der Waals surface area contributed by atoms with Crippen molar-refractivity contribution in [3.05, 3.63) is 28.8 Å². The first kappa shape index (κ1) is 18.8. The third kappa shape index (κ3) is 4.40. The average molecular weight is 344 g/mol. The molecule has 1 N–H and O–H groups in total. The molecule has 1 unspecified atom stereocenters. The predicted molar refractivity (Wildman–Crippen MR) is 86.3 cm³/mol. The third-order valence-electron chi connectivity index (χ3n) is 3.60. The molecule has 1 aromatic rings. The minimum absolute atomic E-state index is 0.258. The molecule has 0 saturated carbocycles. The second-order valence-corrected chi connectivity index (χ2v) is 6.75. The molecule has 2 rings (SSSR count). The fraction of sp³-hybridized carbons (Fsp3) is 0.500. The highest BCUT2D eigenvalue weighted by molar-refractivity contribution is 7.99. The maximum Gasteiger partial charge on any atom is 0.314 e. The Morgan fingerprint density at radius 2 is 2.00 bits per heavy atom. The number of aliphatic carboxylic acids is 2. The number of hydrogen-bond donors (Lipinski definition) is 1. The maximum atomic E-state index is 11.5. The van der Waals surface area contributed by atoms with Crippen LogP contribution >= 0.6 is 23.4 Å². The Morgan fingerprint density at radius 1 is 1.36 bits per heavy atom. The van der Waals surface area contributed by atoms with Crippen LogP contribution in [0.5, 0.6) is 0 Å². The van der Waals surface area contributed by atoms with Gasteiger partial charge < -0.3 is 15.0 Å². The lowest BCUT2D eigenvalue weighted by Crippen LogP contribution is -2.44. The molecular formula is C16H20ClO4S-. The van der Waals surface area contributed by atoms with Gasteiger partial charge in [-0.15, -0.1) is 11.8 Å². The minimum Gasteiger partial charge on any atom is -0.550 e. The third-order valence-corrected chi connectivity index (χ3v) is 4.91. The van der Waals surface area contributed by atoms with Crippen LogP contribution in [0.25, 0.3) is 0 Å². The van der Waals surface area contributed by atoms with E-state index in [1.165, 1.54) is 24.6 Å². The van der Waals surface area contributed by atoms with E-state index in [1.807, 2.05) is 0 Å². The molecule has 6 heteroatoms. The fourth-order valence-electron chi connectivity index (χ4n) is 2.20. The summed E-state index contributed by atoms with van der Waals surface area (Å²) in [5.74, 6) is -1.94. The summed E-state index contributed by atoms with van der Waals surface area (Å²) in [5.41, 5.74) is -0.951. The summed E-state index contributed by atoms with van der Waals surface area (Å²) in [7, 11) is 0. The van der Waals surface area contributed by atoms with E-state index in [1.54, 1.807) is 18.2 Å². The second-order valence-electron chi connectivity index (χ2n) is 5.17. The number of carboxylic acids is 2. The van der Waals surface area contributed by atoms with E-state index in [4.69, 9.17) is 11.6 Å². The van der Waals surface area contributed by atoms with E-state index in [-0.39, 0.29) is 6.42 Å². The van der Waals surface area contributed by atoms with Crippen LogP contribution in [0.4, 0.5) is 0 Å². The molecule has 1 atom stereocenters. The van der Waals surface area contributed by atoms with Crippen molar-refractivity contribution in [1.29, 1.82) is 0 Å². The number of carbonyl (C=O) groups excluding carboxylic acids is 1. The Labute approximate surface area is 139 Å². The van der Waals surface area contributed by atoms with Crippen molar-refractivity contribution in [1.82, 2.24) is 0 Å². The van der Waals surface area contributed by atoms with E-state index in [2.05, 4.69) is 13.8 Å². The van der Waals surface area contributed by atoms with Gasteiger partial charge in [0.2, 0.25) is 0 Å². The Hall–Kier alpha value is -1.20. The molecule has 1 aliphatic rings. The Morgan fingerprint density at radius 3 is 2.50 bits per heavy atom. The first-order valence-electron chi connectivity index (χ1n) is 7.23. The molecule has 0 bridgehead atoms. The zero-order valence-electron chi connectivity index (χ0n) is 12.7. The van der Waals surface area contributed by atoms with Gasteiger partial charge in [0.05, 0.1) is 5.41 Å². The molecule has 22 heavy (non-hydrogen) atoms. The number of carbonyl (C=O) groups is 2. The highest BCUT2D eigenvalue weighted by atomic mass is 35.5. The summed E-state index contributed by atoms with van der Waals surface area (Å²) >= 11 is 7.39. The number of rotatable bonds is 4. The topological polar surface area (TPSA) is 77.4 Å². The summed E-state index contributed by atoms with van der Waals surface area (Å²) in [5, 5.41) is 20.7. The van der Waals surface area contributed by atoms with Gasteiger partial charge in [-0.3, -0.25) is 4.79 Å². The van der Waals surface area contributed by atoms with Gasteiger partial charge in [-0.1, -0.05) is 38.3 Å². The Balaban J connectivity index is 0.000000541. The number of halogens is 1. The van der Waals surface area contributed by atoms with Crippen LogP contribution in [0.15, 0.2) is 23.1 Å². The van der Waals surface area contributed by atoms with E-state index in [0.717, 1.165) is 4.90 Å². The number of thioether (sulfide) groups is 1. The van der Waals surface area contributed by atoms with Crippen LogP contribution in [0.2, 0.25) is 5.02 Å². The van der Waals surface area contributed by atoms with Gasteiger partial charge in [0.25, 0.3) is 0 Å². The maximum absolute atomic E-state index is 11.5. The van der Waals surface area contributed by atoms with E-state index >= 15 is 0 Å². The van der Waals surface area contributed by atoms with Gasteiger partial charge >= 0.3 is 5.97 Å². The molecule has 0 fully saturated rings.